The molecule has 0 atom stereocenters. The van der Waals surface area contributed by atoms with E-state index in [0.717, 1.165) is 25.7 Å². The van der Waals surface area contributed by atoms with Crippen LogP contribution >= 0.6 is 0 Å². The van der Waals surface area contributed by atoms with Crippen LogP contribution in [0.4, 0.5) is 0 Å². The van der Waals surface area contributed by atoms with Gasteiger partial charge in [-0.05, 0) is 37.9 Å². The van der Waals surface area contributed by atoms with Crippen LogP contribution in [0.1, 0.15) is 33.6 Å². The fourth-order valence-corrected chi connectivity index (χ4v) is 6.49. The first kappa shape index (κ1) is 16.7. The SMILES string of the molecule is CCO[Si](CCC1(CC)COC1)(OCC)c1ccccc1. The summed E-state index contributed by atoms with van der Waals surface area (Å²) in [5.41, 5.74) is 0.348. The second-order valence-electron chi connectivity index (χ2n) is 5.83. The molecule has 0 radical (unpaired) electrons. The van der Waals surface area contributed by atoms with Crippen LogP contribution < -0.4 is 5.19 Å². The van der Waals surface area contributed by atoms with Gasteiger partial charge in [-0.3, -0.25) is 0 Å². The molecular weight excluding hydrogens is 280 g/mol. The van der Waals surface area contributed by atoms with Gasteiger partial charge in [0.05, 0.1) is 13.2 Å². The van der Waals surface area contributed by atoms with Crippen molar-refractivity contribution in [1.29, 1.82) is 0 Å². The maximum atomic E-state index is 6.24. The second kappa shape index (κ2) is 7.54. The Bertz CT molecular complexity index is 406. The van der Waals surface area contributed by atoms with Crippen LogP contribution in [0.3, 0.4) is 0 Å². The van der Waals surface area contributed by atoms with Crippen molar-refractivity contribution in [3.63, 3.8) is 0 Å². The first-order valence-corrected chi connectivity index (χ1v) is 10.1. The van der Waals surface area contributed by atoms with Crippen molar-refractivity contribution in [2.45, 2.75) is 39.7 Å². The van der Waals surface area contributed by atoms with E-state index >= 15 is 0 Å². The minimum Gasteiger partial charge on any atom is -0.391 e. The monoisotopic (exact) mass is 308 g/mol. The van der Waals surface area contributed by atoms with Gasteiger partial charge in [0.15, 0.2) is 0 Å². The smallest absolute Gasteiger partial charge is 0.372 e. The van der Waals surface area contributed by atoms with Crippen LogP contribution in [0.15, 0.2) is 30.3 Å². The number of rotatable bonds is 9. The van der Waals surface area contributed by atoms with Crippen LogP contribution in [-0.4, -0.2) is 35.0 Å². The van der Waals surface area contributed by atoms with Gasteiger partial charge in [0, 0.05) is 18.6 Å². The van der Waals surface area contributed by atoms with E-state index in [-0.39, 0.29) is 0 Å². The molecule has 118 valence electrons. The predicted molar refractivity (Wildman–Crippen MR) is 88.0 cm³/mol. The van der Waals surface area contributed by atoms with Gasteiger partial charge in [0.25, 0.3) is 0 Å². The van der Waals surface area contributed by atoms with E-state index < -0.39 is 8.56 Å². The number of hydrogen-bond acceptors (Lipinski definition) is 3. The molecule has 4 heteroatoms. The standard InChI is InChI=1S/C17H28O3Si/c1-4-17(14-18-15-17)12-13-21(19-5-2,20-6-3)16-10-8-7-9-11-16/h7-11H,4-6,12-15H2,1-3H3. The van der Waals surface area contributed by atoms with E-state index in [2.05, 4.69) is 45.0 Å². The molecule has 1 aromatic carbocycles. The molecule has 0 aliphatic carbocycles. The third kappa shape index (κ3) is 3.75. The Morgan fingerprint density at radius 2 is 1.67 bits per heavy atom. The lowest BCUT2D eigenvalue weighted by Gasteiger charge is -2.43. The van der Waals surface area contributed by atoms with E-state index in [4.69, 9.17) is 13.6 Å². The fourth-order valence-electron chi connectivity index (χ4n) is 3.00. The van der Waals surface area contributed by atoms with Gasteiger partial charge in [0.1, 0.15) is 0 Å². The van der Waals surface area contributed by atoms with E-state index in [9.17, 15) is 0 Å². The summed E-state index contributed by atoms with van der Waals surface area (Å²) >= 11 is 0. The zero-order valence-corrected chi connectivity index (χ0v) is 14.6. The lowest BCUT2D eigenvalue weighted by Crippen LogP contribution is -2.55. The molecule has 3 nitrogen and oxygen atoms in total. The highest BCUT2D eigenvalue weighted by Gasteiger charge is 2.44. The first-order valence-electron chi connectivity index (χ1n) is 8.11. The third-order valence-corrected chi connectivity index (χ3v) is 8.15. The van der Waals surface area contributed by atoms with E-state index in [1.54, 1.807) is 0 Å². The molecule has 1 aromatic rings. The fraction of sp³-hybridized carbons (Fsp3) is 0.647. The summed E-state index contributed by atoms with van der Waals surface area (Å²) in [6.45, 7) is 9.57. The van der Waals surface area contributed by atoms with Gasteiger partial charge in [-0.15, -0.1) is 0 Å². The van der Waals surface area contributed by atoms with E-state index in [0.29, 0.717) is 18.6 Å². The molecule has 1 aliphatic rings. The van der Waals surface area contributed by atoms with Crippen LogP contribution in [-0.2, 0) is 13.6 Å². The quantitative estimate of drug-likeness (QED) is 0.656. The number of benzene rings is 1. The molecule has 2 rings (SSSR count). The molecule has 0 unspecified atom stereocenters. The number of ether oxygens (including phenoxy) is 1. The van der Waals surface area contributed by atoms with Gasteiger partial charge in [-0.2, -0.15) is 0 Å². The Kier molecular flexibility index (Phi) is 5.99. The average molecular weight is 308 g/mol. The summed E-state index contributed by atoms with van der Waals surface area (Å²) in [5, 5.41) is 1.25. The summed E-state index contributed by atoms with van der Waals surface area (Å²) in [6.07, 6.45) is 2.30. The third-order valence-electron chi connectivity index (χ3n) is 4.52. The van der Waals surface area contributed by atoms with E-state index in [1.165, 1.54) is 11.6 Å². The molecule has 1 saturated heterocycles. The van der Waals surface area contributed by atoms with Crippen LogP contribution in [0.5, 0.6) is 0 Å². The summed E-state index contributed by atoms with van der Waals surface area (Å²) in [5.74, 6) is 0. The Morgan fingerprint density at radius 1 is 1.05 bits per heavy atom. The van der Waals surface area contributed by atoms with Crippen molar-refractivity contribution in [1.82, 2.24) is 0 Å². The molecule has 0 spiro atoms. The molecule has 1 aliphatic heterocycles. The van der Waals surface area contributed by atoms with Crippen molar-refractivity contribution in [3.8, 4) is 0 Å². The van der Waals surface area contributed by atoms with Crippen LogP contribution in [0.25, 0.3) is 0 Å². The van der Waals surface area contributed by atoms with Crippen molar-refractivity contribution < 1.29 is 13.6 Å². The van der Waals surface area contributed by atoms with Gasteiger partial charge >= 0.3 is 8.56 Å². The van der Waals surface area contributed by atoms with Crippen molar-refractivity contribution >= 4 is 13.7 Å². The largest absolute Gasteiger partial charge is 0.391 e. The van der Waals surface area contributed by atoms with E-state index in [1.807, 2.05) is 6.07 Å². The minimum absolute atomic E-state index is 0.348. The second-order valence-corrected chi connectivity index (χ2v) is 8.99. The molecule has 1 heterocycles. The molecule has 0 aromatic heterocycles. The van der Waals surface area contributed by atoms with Crippen LogP contribution in [0.2, 0.25) is 6.04 Å². The Morgan fingerprint density at radius 3 is 2.10 bits per heavy atom. The Labute approximate surface area is 129 Å². The average Bonchev–Trinajstić information content (AvgIpc) is 2.48. The maximum Gasteiger partial charge on any atom is 0.372 e. The van der Waals surface area contributed by atoms with Crippen molar-refractivity contribution in [3.05, 3.63) is 30.3 Å². The van der Waals surface area contributed by atoms with Gasteiger partial charge in [-0.25, -0.2) is 0 Å². The summed E-state index contributed by atoms with van der Waals surface area (Å²) < 4.78 is 17.9. The lowest BCUT2D eigenvalue weighted by atomic mass is 9.81. The highest BCUT2D eigenvalue weighted by molar-refractivity contribution is 6.81. The number of hydrogen-bond donors (Lipinski definition) is 0. The lowest BCUT2D eigenvalue weighted by molar-refractivity contribution is -0.117. The maximum absolute atomic E-state index is 6.24. The Balaban J connectivity index is 2.18. The highest BCUT2D eigenvalue weighted by Crippen LogP contribution is 2.38. The molecule has 0 amide bonds. The molecule has 1 fully saturated rings. The molecule has 0 saturated carbocycles. The first-order chi connectivity index (χ1) is 10.2. The zero-order valence-electron chi connectivity index (χ0n) is 13.6. The highest BCUT2D eigenvalue weighted by atomic mass is 28.4. The molecule has 0 N–H and O–H groups in total. The normalized spacial score (nSPS) is 17.5. The zero-order chi connectivity index (χ0) is 15.2. The van der Waals surface area contributed by atoms with Crippen LogP contribution in [0, 0.1) is 5.41 Å². The minimum atomic E-state index is -2.34. The van der Waals surface area contributed by atoms with Gasteiger partial charge in [-0.1, -0.05) is 37.3 Å². The summed E-state index contributed by atoms with van der Waals surface area (Å²) in [6, 6.07) is 11.5. The van der Waals surface area contributed by atoms with Gasteiger partial charge in [0.2, 0.25) is 0 Å². The summed E-state index contributed by atoms with van der Waals surface area (Å²) in [4.78, 5) is 0. The molecule has 0 bridgehead atoms. The van der Waals surface area contributed by atoms with Crippen molar-refractivity contribution in [2.75, 3.05) is 26.4 Å². The van der Waals surface area contributed by atoms with Crippen molar-refractivity contribution in [2.24, 2.45) is 5.41 Å². The Hall–Kier alpha value is -0.683. The summed E-state index contributed by atoms with van der Waals surface area (Å²) in [7, 11) is -2.34. The topological polar surface area (TPSA) is 27.7 Å². The predicted octanol–water partition coefficient (Wildman–Crippen LogP) is 3.23. The van der Waals surface area contributed by atoms with Gasteiger partial charge < -0.3 is 13.6 Å². The molecule has 21 heavy (non-hydrogen) atoms. The molecular formula is C17H28O3Si.